The summed E-state index contributed by atoms with van der Waals surface area (Å²) in [6.45, 7) is 4.33. The average molecular weight is 359 g/mol. The van der Waals surface area contributed by atoms with Gasteiger partial charge in [-0.25, -0.2) is 0 Å². The second-order valence-electron chi connectivity index (χ2n) is 5.08. The summed E-state index contributed by atoms with van der Waals surface area (Å²) < 4.78 is 12.0. The van der Waals surface area contributed by atoms with Crippen LogP contribution in [-0.2, 0) is 6.61 Å². The number of aryl methyl sites for hydroxylation is 2. The van der Waals surface area contributed by atoms with Gasteiger partial charge in [-0.05, 0) is 49.7 Å². The monoisotopic (exact) mass is 358 g/mol. The van der Waals surface area contributed by atoms with E-state index in [-0.39, 0.29) is 6.61 Å². The Labute approximate surface area is 137 Å². The number of aromatic nitrogens is 2. The average Bonchev–Trinajstić information content (AvgIpc) is 2.96. The molecule has 0 N–H and O–H groups in total. The molecule has 4 nitrogen and oxygen atoms in total. The molecule has 0 radical (unpaired) electrons. The standard InChI is InChI=1S/C17H15BrN2O2/c1-11-3-8-15(12(2)9-11)21-10-16-19-17(20-22-16)13-4-6-14(18)7-5-13/h3-9H,10H2,1-2H3. The van der Waals surface area contributed by atoms with Crippen molar-refractivity contribution < 1.29 is 9.26 Å². The molecular formula is C17H15BrN2O2. The first-order valence-corrected chi connectivity index (χ1v) is 7.70. The van der Waals surface area contributed by atoms with Crippen LogP contribution < -0.4 is 4.74 Å². The number of hydrogen-bond donors (Lipinski definition) is 0. The summed E-state index contributed by atoms with van der Waals surface area (Å²) in [6.07, 6.45) is 0. The minimum absolute atomic E-state index is 0.257. The van der Waals surface area contributed by atoms with Gasteiger partial charge >= 0.3 is 0 Å². The van der Waals surface area contributed by atoms with E-state index in [1.807, 2.05) is 43.3 Å². The summed E-state index contributed by atoms with van der Waals surface area (Å²) in [5.41, 5.74) is 3.21. The molecule has 0 amide bonds. The molecule has 0 aliphatic heterocycles. The number of halogens is 1. The van der Waals surface area contributed by atoms with Crippen molar-refractivity contribution in [1.82, 2.24) is 10.1 Å². The number of benzene rings is 2. The summed E-state index contributed by atoms with van der Waals surface area (Å²) >= 11 is 3.40. The van der Waals surface area contributed by atoms with E-state index < -0.39 is 0 Å². The first-order valence-electron chi connectivity index (χ1n) is 6.90. The van der Waals surface area contributed by atoms with Crippen LogP contribution in [0.1, 0.15) is 17.0 Å². The molecule has 0 aliphatic carbocycles. The van der Waals surface area contributed by atoms with Gasteiger partial charge in [0.2, 0.25) is 5.82 Å². The second kappa shape index (κ2) is 6.32. The van der Waals surface area contributed by atoms with E-state index in [1.165, 1.54) is 5.56 Å². The van der Waals surface area contributed by atoms with E-state index in [2.05, 4.69) is 39.1 Å². The van der Waals surface area contributed by atoms with E-state index in [1.54, 1.807) is 0 Å². The molecule has 3 aromatic rings. The molecule has 3 rings (SSSR count). The molecule has 0 spiro atoms. The van der Waals surface area contributed by atoms with Gasteiger partial charge in [0.25, 0.3) is 5.89 Å². The minimum atomic E-state index is 0.257. The molecule has 1 aromatic heterocycles. The predicted molar refractivity (Wildman–Crippen MR) is 87.7 cm³/mol. The third-order valence-electron chi connectivity index (χ3n) is 3.25. The quantitative estimate of drug-likeness (QED) is 0.678. The van der Waals surface area contributed by atoms with Crippen LogP contribution in [0, 0.1) is 13.8 Å². The van der Waals surface area contributed by atoms with Gasteiger partial charge in [-0.3, -0.25) is 0 Å². The first-order chi connectivity index (χ1) is 10.6. The highest BCUT2D eigenvalue weighted by Crippen LogP contribution is 2.21. The van der Waals surface area contributed by atoms with Crippen molar-refractivity contribution in [3.8, 4) is 17.1 Å². The lowest BCUT2D eigenvalue weighted by Crippen LogP contribution is -1.97. The van der Waals surface area contributed by atoms with Crippen LogP contribution >= 0.6 is 15.9 Å². The van der Waals surface area contributed by atoms with E-state index in [0.717, 1.165) is 21.3 Å². The molecule has 22 heavy (non-hydrogen) atoms. The molecule has 5 heteroatoms. The van der Waals surface area contributed by atoms with Crippen molar-refractivity contribution in [3.63, 3.8) is 0 Å². The van der Waals surface area contributed by atoms with Crippen LogP contribution in [0.5, 0.6) is 5.75 Å². The van der Waals surface area contributed by atoms with Gasteiger partial charge in [0, 0.05) is 10.0 Å². The molecule has 0 bridgehead atoms. The highest BCUT2D eigenvalue weighted by atomic mass is 79.9. The fourth-order valence-corrected chi connectivity index (χ4v) is 2.39. The third-order valence-corrected chi connectivity index (χ3v) is 3.78. The molecule has 1 heterocycles. The van der Waals surface area contributed by atoms with Gasteiger partial charge < -0.3 is 9.26 Å². The van der Waals surface area contributed by atoms with Gasteiger partial charge in [0.05, 0.1) is 0 Å². The molecule has 0 saturated heterocycles. The molecule has 0 aliphatic rings. The van der Waals surface area contributed by atoms with Gasteiger partial charge in [-0.2, -0.15) is 4.98 Å². The van der Waals surface area contributed by atoms with Crippen LogP contribution in [-0.4, -0.2) is 10.1 Å². The fourth-order valence-electron chi connectivity index (χ4n) is 2.13. The number of hydrogen-bond acceptors (Lipinski definition) is 4. The molecule has 0 unspecified atom stereocenters. The predicted octanol–water partition coefficient (Wildman–Crippen LogP) is 4.69. The molecular weight excluding hydrogens is 344 g/mol. The Hall–Kier alpha value is -2.14. The van der Waals surface area contributed by atoms with Crippen LogP contribution in [0.15, 0.2) is 51.5 Å². The van der Waals surface area contributed by atoms with Crippen LogP contribution in [0.3, 0.4) is 0 Å². The maximum Gasteiger partial charge on any atom is 0.264 e. The van der Waals surface area contributed by atoms with E-state index in [9.17, 15) is 0 Å². The lowest BCUT2D eigenvalue weighted by Gasteiger charge is -2.07. The van der Waals surface area contributed by atoms with E-state index in [4.69, 9.17) is 9.26 Å². The van der Waals surface area contributed by atoms with Crippen molar-refractivity contribution in [2.45, 2.75) is 20.5 Å². The van der Waals surface area contributed by atoms with Gasteiger partial charge in [0.15, 0.2) is 6.61 Å². The fraction of sp³-hybridized carbons (Fsp3) is 0.176. The molecule has 0 fully saturated rings. The first kappa shape index (κ1) is 14.8. The van der Waals surface area contributed by atoms with Crippen LogP contribution in [0.25, 0.3) is 11.4 Å². The van der Waals surface area contributed by atoms with Crippen LogP contribution in [0.2, 0.25) is 0 Å². The SMILES string of the molecule is Cc1ccc(OCc2nc(-c3ccc(Br)cc3)no2)c(C)c1. The van der Waals surface area contributed by atoms with E-state index in [0.29, 0.717) is 11.7 Å². The van der Waals surface area contributed by atoms with Gasteiger partial charge in [-0.1, -0.05) is 38.8 Å². The summed E-state index contributed by atoms with van der Waals surface area (Å²) in [6, 6.07) is 13.8. The van der Waals surface area contributed by atoms with E-state index >= 15 is 0 Å². The smallest absolute Gasteiger partial charge is 0.264 e. The topological polar surface area (TPSA) is 48.2 Å². The highest BCUT2D eigenvalue weighted by molar-refractivity contribution is 9.10. The van der Waals surface area contributed by atoms with Crippen molar-refractivity contribution in [2.75, 3.05) is 0 Å². The zero-order valence-electron chi connectivity index (χ0n) is 12.3. The Bertz CT molecular complexity index is 782. The lowest BCUT2D eigenvalue weighted by molar-refractivity contribution is 0.241. The number of ether oxygens (including phenoxy) is 1. The Morgan fingerprint density at radius 3 is 2.59 bits per heavy atom. The Morgan fingerprint density at radius 2 is 1.86 bits per heavy atom. The summed E-state index contributed by atoms with van der Waals surface area (Å²) in [5, 5.41) is 3.98. The maximum atomic E-state index is 5.74. The third kappa shape index (κ3) is 3.36. The zero-order chi connectivity index (χ0) is 15.5. The number of nitrogens with zero attached hydrogens (tertiary/aromatic N) is 2. The zero-order valence-corrected chi connectivity index (χ0v) is 13.9. The molecule has 0 saturated carbocycles. The second-order valence-corrected chi connectivity index (χ2v) is 5.99. The Morgan fingerprint density at radius 1 is 1.09 bits per heavy atom. The van der Waals surface area contributed by atoms with Gasteiger partial charge in [0.1, 0.15) is 5.75 Å². The Balaban J connectivity index is 1.70. The number of rotatable bonds is 4. The molecule has 112 valence electrons. The lowest BCUT2D eigenvalue weighted by atomic mass is 10.1. The molecule has 0 atom stereocenters. The van der Waals surface area contributed by atoms with Crippen molar-refractivity contribution in [2.24, 2.45) is 0 Å². The van der Waals surface area contributed by atoms with Crippen molar-refractivity contribution in [3.05, 3.63) is 64.0 Å². The molecule has 2 aromatic carbocycles. The van der Waals surface area contributed by atoms with Crippen molar-refractivity contribution in [1.29, 1.82) is 0 Å². The summed E-state index contributed by atoms with van der Waals surface area (Å²) in [5.74, 6) is 1.85. The van der Waals surface area contributed by atoms with Gasteiger partial charge in [-0.15, -0.1) is 0 Å². The minimum Gasteiger partial charge on any atom is -0.483 e. The maximum absolute atomic E-state index is 5.74. The summed E-state index contributed by atoms with van der Waals surface area (Å²) in [4.78, 5) is 4.35. The highest BCUT2D eigenvalue weighted by Gasteiger charge is 2.10. The van der Waals surface area contributed by atoms with Crippen LogP contribution in [0.4, 0.5) is 0 Å². The largest absolute Gasteiger partial charge is 0.483 e. The Kier molecular flexibility index (Phi) is 4.24. The summed E-state index contributed by atoms with van der Waals surface area (Å²) in [7, 11) is 0. The normalized spacial score (nSPS) is 10.7. The van der Waals surface area contributed by atoms with Crippen molar-refractivity contribution >= 4 is 15.9 Å².